The predicted molar refractivity (Wildman–Crippen MR) is 99.1 cm³/mol. The van der Waals surface area contributed by atoms with Gasteiger partial charge in [-0.1, -0.05) is 0 Å². The van der Waals surface area contributed by atoms with Crippen LogP contribution >= 0.6 is 0 Å². The van der Waals surface area contributed by atoms with Crippen LogP contribution in [0.3, 0.4) is 0 Å². The molecule has 8 heteroatoms. The van der Waals surface area contributed by atoms with Gasteiger partial charge in [0.1, 0.15) is 0 Å². The van der Waals surface area contributed by atoms with Crippen LogP contribution in [0.25, 0.3) is 0 Å². The van der Waals surface area contributed by atoms with E-state index in [1.807, 2.05) is 0 Å². The van der Waals surface area contributed by atoms with Crippen molar-refractivity contribution in [3.63, 3.8) is 0 Å². The first-order valence-electron chi connectivity index (χ1n) is 9.40. The summed E-state index contributed by atoms with van der Waals surface area (Å²) in [4.78, 5) is 25.2. The van der Waals surface area contributed by atoms with E-state index in [0.717, 1.165) is 49.8 Å². The molecular weight excluding hydrogens is 368 g/mol. The molecule has 0 heterocycles. The lowest BCUT2D eigenvalue weighted by molar-refractivity contribution is -0.385. The van der Waals surface area contributed by atoms with E-state index in [1.165, 1.54) is 18.6 Å². The highest BCUT2D eigenvalue weighted by Crippen LogP contribution is 2.55. The Morgan fingerprint density at radius 1 is 1.07 bits per heavy atom. The number of amides is 1. The zero-order valence-corrected chi connectivity index (χ0v) is 16.3. The summed E-state index contributed by atoms with van der Waals surface area (Å²) in [5.74, 6) is 2.21. The van der Waals surface area contributed by atoms with Crippen LogP contribution in [-0.2, 0) is 9.84 Å². The Morgan fingerprint density at radius 3 is 2.11 bits per heavy atom. The fourth-order valence-corrected chi connectivity index (χ4v) is 6.57. The van der Waals surface area contributed by atoms with Gasteiger partial charge in [0.05, 0.1) is 9.82 Å². The summed E-state index contributed by atoms with van der Waals surface area (Å²) in [5.41, 5.74) is -0.305. The van der Waals surface area contributed by atoms with Crippen molar-refractivity contribution in [2.75, 3.05) is 13.3 Å². The normalized spacial score (nSPS) is 31.7. The van der Waals surface area contributed by atoms with E-state index >= 15 is 0 Å². The van der Waals surface area contributed by atoms with Crippen molar-refractivity contribution in [2.45, 2.75) is 43.0 Å². The first-order chi connectivity index (χ1) is 12.6. The first-order valence-corrected chi connectivity index (χ1v) is 11.3. The van der Waals surface area contributed by atoms with E-state index in [1.54, 1.807) is 11.9 Å². The molecule has 0 aliphatic heterocycles. The van der Waals surface area contributed by atoms with E-state index in [0.29, 0.717) is 11.8 Å². The van der Waals surface area contributed by atoms with Gasteiger partial charge in [-0.25, -0.2) is 8.42 Å². The van der Waals surface area contributed by atoms with Crippen molar-refractivity contribution in [2.24, 2.45) is 23.7 Å². The Bertz CT molecular complexity index is 883. The van der Waals surface area contributed by atoms with E-state index < -0.39 is 14.8 Å². The molecule has 27 heavy (non-hydrogen) atoms. The highest BCUT2D eigenvalue weighted by molar-refractivity contribution is 7.90. The SMILES string of the molecule is CN(C(=O)c1cc([N+](=O)[O-])cc(S(C)(=O)=O)c1)C1C2CC3CC(C2)CC1C3. The number of hydrogen-bond donors (Lipinski definition) is 0. The number of benzene rings is 1. The van der Waals surface area contributed by atoms with E-state index in [9.17, 15) is 23.3 Å². The van der Waals surface area contributed by atoms with Crippen LogP contribution < -0.4 is 0 Å². The van der Waals surface area contributed by atoms with Gasteiger partial charge in [0.15, 0.2) is 9.84 Å². The quantitative estimate of drug-likeness (QED) is 0.580. The Hall–Kier alpha value is -1.96. The lowest BCUT2D eigenvalue weighted by Crippen LogP contribution is -2.56. The van der Waals surface area contributed by atoms with Gasteiger partial charge in [-0.15, -0.1) is 0 Å². The minimum atomic E-state index is -3.66. The summed E-state index contributed by atoms with van der Waals surface area (Å²) in [7, 11) is -1.90. The standard InChI is InChI=1S/C19H24N2O5S/c1-20(18-13-4-11-3-12(6-13)7-14(18)5-11)19(22)15-8-16(21(23)24)10-17(9-15)27(2,25)26/h8-14,18H,3-7H2,1-2H3. The van der Waals surface area contributed by atoms with E-state index in [2.05, 4.69) is 0 Å². The highest BCUT2D eigenvalue weighted by Gasteiger charge is 2.50. The molecule has 0 aromatic heterocycles. The molecule has 7 nitrogen and oxygen atoms in total. The number of hydrogen-bond acceptors (Lipinski definition) is 5. The lowest BCUT2D eigenvalue weighted by Gasteiger charge is -2.56. The van der Waals surface area contributed by atoms with Crippen molar-refractivity contribution in [1.82, 2.24) is 4.90 Å². The molecule has 4 aliphatic carbocycles. The highest BCUT2D eigenvalue weighted by atomic mass is 32.2. The molecule has 0 radical (unpaired) electrons. The van der Waals surface area contributed by atoms with E-state index in [-0.39, 0.29) is 28.1 Å². The first kappa shape index (κ1) is 18.4. The van der Waals surface area contributed by atoms with Crippen LogP contribution in [0.1, 0.15) is 42.5 Å². The molecule has 4 bridgehead atoms. The molecule has 0 saturated heterocycles. The van der Waals surface area contributed by atoms with Crippen LogP contribution in [0.5, 0.6) is 0 Å². The third-order valence-electron chi connectivity index (χ3n) is 6.72. The van der Waals surface area contributed by atoms with E-state index in [4.69, 9.17) is 0 Å². The Labute approximate surface area is 158 Å². The third-order valence-corrected chi connectivity index (χ3v) is 7.81. The van der Waals surface area contributed by atoms with Crippen molar-refractivity contribution < 1.29 is 18.1 Å². The zero-order valence-electron chi connectivity index (χ0n) is 15.5. The number of rotatable bonds is 4. The second-order valence-corrected chi connectivity index (χ2v) is 10.6. The van der Waals surface area contributed by atoms with Crippen LogP contribution in [0.2, 0.25) is 0 Å². The van der Waals surface area contributed by atoms with Crippen molar-refractivity contribution in [3.05, 3.63) is 33.9 Å². The van der Waals surface area contributed by atoms with Crippen LogP contribution in [0, 0.1) is 33.8 Å². The van der Waals surface area contributed by atoms with Gasteiger partial charge in [0.2, 0.25) is 0 Å². The third kappa shape index (κ3) is 3.24. The van der Waals surface area contributed by atoms with Crippen LogP contribution in [0.15, 0.2) is 23.1 Å². The summed E-state index contributed by atoms with van der Waals surface area (Å²) in [5, 5.41) is 11.2. The Kier molecular flexibility index (Phi) is 4.29. The Balaban J connectivity index is 1.66. The van der Waals surface area contributed by atoms with Crippen molar-refractivity contribution >= 4 is 21.4 Å². The van der Waals surface area contributed by atoms with Crippen molar-refractivity contribution in [3.8, 4) is 0 Å². The summed E-state index contributed by atoms with van der Waals surface area (Å²) in [6.07, 6.45) is 6.91. The topological polar surface area (TPSA) is 97.6 Å². The van der Waals surface area contributed by atoms with Crippen LogP contribution in [-0.4, -0.2) is 43.5 Å². The smallest absolute Gasteiger partial charge is 0.271 e. The molecule has 4 fully saturated rings. The molecule has 146 valence electrons. The molecule has 4 saturated carbocycles. The van der Waals surface area contributed by atoms with Gasteiger partial charge < -0.3 is 4.90 Å². The van der Waals surface area contributed by atoms with Gasteiger partial charge in [0, 0.05) is 37.0 Å². The molecule has 5 rings (SSSR count). The fraction of sp³-hybridized carbons (Fsp3) is 0.632. The Morgan fingerprint density at radius 2 is 1.63 bits per heavy atom. The maximum atomic E-state index is 13.1. The molecule has 4 aliphatic rings. The molecule has 0 spiro atoms. The largest absolute Gasteiger partial charge is 0.338 e. The fourth-order valence-electron chi connectivity index (χ4n) is 5.89. The molecular formula is C19H24N2O5S. The maximum Gasteiger partial charge on any atom is 0.271 e. The molecule has 1 aromatic rings. The number of nitro benzene ring substituents is 1. The zero-order chi connectivity index (χ0) is 19.5. The average Bonchev–Trinajstić information content (AvgIpc) is 2.58. The number of nitrogens with zero attached hydrogens (tertiary/aromatic N) is 2. The second-order valence-electron chi connectivity index (χ2n) is 8.58. The second kappa shape index (κ2) is 6.29. The van der Waals surface area contributed by atoms with Crippen molar-refractivity contribution in [1.29, 1.82) is 0 Å². The lowest BCUT2D eigenvalue weighted by atomic mass is 9.54. The molecule has 0 atom stereocenters. The maximum absolute atomic E-state index is 13.1. The minimum Gasteiger partial charge on any atom is -0.338 e. The summed E-state index contributed by atoms with van der Waals surface area (Å²) < 4.78 is 23.8. The van der Waals surface area contributed by atoms with Crippen LogP contribution in [0.4, 0.5) is 5.69 Å². The molecule has 1 amide bonds. The number of non-ortho nitro benzene ring substituents is 1. The van der Waals surface area contributed by atoms with Gasteiger partial charge in [-0.05, 0) is 61.8 Å². The summed E-state index contributed by atoms with van der Waals surface area (Å²) in [6.45, 7) is 0. The molecule has 0 N–H and O–H groups in total. The van der Waals surface area contributed by atoms with Gasteiger partial charge in [-0.2, -0.15) is 0 Å². The summed E-state index contributed by atoms with van der Waals surface area (Å²) in [6, 6.07) is 3.60. The molecule has 1 aromatic carbocycles. The van der Waals surface area contributed by atoms with Gasteiger partial charge in [-0.3, -0.25) is 14.9 Å². The number of carbonyl (C=O) groups excluding carboxylic acids is 1. The summed E-state index contributed by atoms with van der Waals surface area (Å²) >= 11 is 0. The van der Waals surface area contributed by atoms with Gasteiger partial charge in [0.25, 0.3) is 11.6 Å². The number of nitro groups is 1. The number of carbonyl (C=O) groups is 1. The molecule has 0 unspecified atom stereocenters. The average molecular weight is 392 g/mol. The predicted octanol–water partition coefficient (Wildman–Crippen LogP) is 2.90. The monoisotopic (exact) mass is 392 g/mol. The van der Waals surface area contributed by atoms with Gasteiger partial charge >= 0.3 is 0 Å². The minimum absolute atomic E-state index is 0.0703. The number of sulfone groups is 1.